The van der Waals surface area contributed by atoms with Crippen LogP contribution in [0.5, 0.6) is 0 Å². The predicted molar refractivity (Wildman–Crippen MR) is 77.9 cm³/mol. The van der Waals surface area contributed by atoms with E-state index in [0.29, 0.717) is 17.5 Å². The smallest absolute Gasteiger partial charge is 0.229 e. The van der Waals surface area contributed by atoms with Gasteiger partial charge in [-0.25, -0.2) is 0 Å². The minimum absolute atomic E-state index is 0.0609. The third-order valence-electron chi connectivity index (χ3n) is 2.43. The summed E-state index contributed by atoms with van der Waals surface area (Å²) in [4.78, 5) is 5.30. The molecule has 1 N–H and O–H groups in total. The summed E-state index contributed by atoms with van der Waals surface area (Å²) >= 11 is 4.99. The first-order valence-corrected chi connectivity index (χ1v) is 7.70. The van der Waals surface area contributed by atoms with E-state index >= 15 is 0 Å². The highest BCUT2D eigenvalue weighted by molar-refractivity contribution is 9.10. The van der Waals surface area contributed by atoms with Gasteiger partial charge in [-0.2, -0.15) is 10.2 Å². The molecule has 1 aromatic carbocycles. The summed E-state index contributed by atoms with van der Waals surface area (Å²) in [6, 6.07) is 9.86. The maximum atomic E-state index is 9.49. The van der Waals surface area contributed by atoms with E-state index < -0.39 is 6.10 Å². The number of nitriles is 1. The monoisotopic (exact) mass is 353 g/mol. The van der Waals surface area contributed by atoms with Gasteiger partial charge in [0, 0.05) is 9.37 Å². The molecule has 0 aliphatic heterocycles. The second-order valence-corrected chi connectivity index (χ2v) is 6.03. The van der Waals surface area contributed by atoms with Crippen LogP contribution < -0.4 is 0 Å². The number of nitrogens with zero attached hydrogens (tertiary/aromatic N) is 3. The van der Waals surface area contributed by atoms with Crippen molar-refractivity contribution >= 4 is 27.7 Å². The minimum atomic E-state index is -0.757. The van der Waals surface area contributed by atoms with Crippen molar-refractivity contribution < 1.29 is 9.63 Å². The number of aliphatic hydroxyl groups excluding tert-OH is 1. The molecule has 1 aromatic heterocycles. The van der Waals surface area contributed by atoms with E-state index in [4.69, 9.17) is 9.78 Å². The average Bonchev–Trinajstić information content (AvgIpc) is 2.86. The normalized spacial score (nSPS) is 12.1. The molecule has 0 radical (unpaired) electrons. The average molecular weight is 354 g/mol. The molecule has 0 aliphatic carbocycles. The van der Waals surface area contributed by atoms with Crippen LogP contribution in [0, 0.1) is 11.3 Å². The maximum absolute atomic E-state index is 9.49. The van der Waals surface area contributed by atoms with Gasteiger partial charge in [0.1, 0.15) is 0 Å². The summed E-state index contributed by atoms with van der Waals surface area (Å²) < 4.78 is 6.08. The highest BCUT2D eigenvalue weighted by atomic mass is 79.9. The highest BCUT2D eigenvalue weighted by Crippen LogP contribution is 2.23. The van der Waals surface area contributed by atoms with Crippen LogP contribution >= 0.6 is 27.7 Å². The Labute approximate surface area is 129 Å². The van der Waals surface area contributed by atoms with E-state index in [1.54, 1.807) is 11.8 Å². The van der Waals surface area contributed by atoms with Gasteiger partial charge in [0.25, 0.3) is 0 Å². The minimum Gasteiger partial charge on any atom is -0.392 e. The van der Waals surface area contributed by atoms with Gasteiger partial charge in [-0.05, 0) is 24.3 Å². The van der Waals surface area contributed by atoms with Crippen LogP contribution in [0.3, 0.4) is 0 Å². The van der Waals surface area contributed by atoms with Gasteiger partial charge in [-0.15, -0.1) is 11.8 Å². The molecule has 0 saturated heterocycles. The van der Waals surface area contributed by atoms with E-state index in [2.05, 4.69) is 26.1 Å². The lowest BCUT2D eigenvalue weighted by Gasteiger charge is -2.00. The predicted octanol–water partition coefficient (Wildman–Crippen LogP) is 2.94. The molecule has 0 amide bonds. The summed E-state index contributed by atoms with van der Waals surface area (Å²) in [5.74, 6) is 1.54. The Morgan fingerprint density at radius 1 is 1.40 bits per heavy atom. The van der Waals surface area contributed by atoms with E-state index in [9.17, 15) is 5.11 Å². The molecule has 1 atom stereocenters. The lowest BCUT2D eigenvalue weighted by Crippen LogP contribution is -2.09. The summed E-state index contributed by atoms with van der Waals surface area (Å²) in [6.07, 6.45) is -0.484. The lowest BCUT2D eigenvalue weighted by atomic mass is 10.2. The van der Waals surface area contributed by atoms with Crippen molar-refractivity contribution in [2.75, 3.05) is 0 Å². The SMILES string of the molecule is N#CCC(O)Cc1nc(CSc2ccc(Br)cc2)no1. The fourth-order valence-electron chi connectivity index (χ4n) is 1.49. The van der Waals surface area contributed by atoms with Gasteiger partial charge in [-0.3, -0.25) is 0 Å². The second kappa shape index (κ2) is 7.43. The third-order valence-corrected chi connectivity index (χ3v) is 3.97. The molecule has 20 heavy (non-hydrogen) atoms. The van der Waals surface area contributed by atoms with Crippen molar-refractivity contribution in [3.05, 3.63) is 40.5 Å². The van der Waals surface area contributed by atoms with Crippen molar-refractivity contribution in [2.24, 2.45) is 0 Å². The Morgan fingerprint density at radius 3 is 2.85 bits per heavy atom. The topological polar surface area (TPSA) is 82.9 Å². The number of benzene rings is 1. The standard InChI is InChI=1S/C13H12BrN3O2S/c14-9-1-3-11(4-2-9)20-8-12-16-13(19-17-12)7-10(18)5-6-15/h1-4,10,18H,5,7-8H2. The van der Waals surface area contributed by atoms with Crippen LogP contribution in [0.4, 0.5) is 0 Å². The molecule has 0 fully saturated rings. The van der Waals surface area contributed by atoms with E-state index in [1.165, 1.54) is 0 Å². The van der Waals surface area contributed by atoms with Crippen LogP contribution in [-0.4, -0.2) is 21.4 Å². The molecule has 104 valence electrons. The Balaban J connectivity index is 1.86. The zero-order valence-corrected chi connectivity index (χ0v) is 12.9. The largest absolute Gasteiger partial charge is 0.392 e. The molecule has 2 aromatic rings. The fourth-order valence-corrected chi connectivity index (χ4v) is 2.50. The first-order chi connectivity index (χ1) is 9.67. The number of halogens is 1. The van der Waals surface area contributed by atoms with Crippen LogP contribution in [-0.2, 0) is 12.2 Å². The van der Waals surface area contributed by atoms with Crippen LogP contribution in [0.25, 0.3) is 0 Å². The first kappa shape index (κ1) is 15.0. The van der Waals surface area contributed by atoms with Gasteiger partial charge in [0.15, 0.2) is 5.82 Å². The highest BCUT2D eigenvalue weighted by Gasteiger charge is 2.12. The van der Waals surface area contributed by atoms with Gasteiger partial charge in [0.2, 0.25) is 5.89 Å². The molecule has 0 bridgehead atoms. The Kier molecular flexibility index (Phi) is 5.59. The van der Waals surface area contributed by atoms with Gasteiger partial charge < -0.3 is 9.63 Å². The molecular formula is C13H12BrN3O2S. The molecule has 1 heterocycles. The number of rotatable bonds is 6. The maximum Gasteiger partial charge on any atom is 0.229 e. The molecule has 0 saturated carbocycles. The van der Waals surface area contributed by atoms with Crippen LogP contribution in [0.15, 0.2) is 38.2 Å². The summed E-state index contributed by atoms with van der Waals surface area (Å²) in [5.41, 5.74) is 0. The summed E-state index contributed by atoms with van der Waals surface area (Å²) in [7, 11) is 0. The van der Waals surface area contributed by atoms with Gasteiger partial charge in [0.05, 0.1) is 30.8 Å². The van der Waals surface area contributed by atoms with Crippen molar-refractivity contribution in [1.29, 1.82) is 5.26 Å². The second-order valence-electron chi connectivity index (χ2n) is 4.07. The molecule has 0 aliphatic rings. The Morgan fingerprint density at radius 2 is 2.15 bits per heavy atom. The number of hydrogen-bond donors (Lipinski definition) is 1. The molecule has 7 heteroatoms. The van der Waals surface area contributed by atoms with Crippen LogP contribution in [0.2, 0.25) is 0 Å². The Hall–Kier alpha value is -1.36. The van der Waals surface area contributed by atoms with Gasteiger partial charge in [-0.1, -0.05) is 21.1 Å². The van der Waals surface area contributed by atoms with E-state index in [1.807, 2.05) is 30.3 Å². The quantitative estimate of drug-likeness (QED) is 0.803. The lowest BCUT2D eigenvalue weighted by molar-refractivity contribution is 0.167. The molecule has 0 spiro atoms. The third kappa shape index (κ3) is 4.63. The number of aromatic nitrogens is 2. The van der Waals surface area contributed by atoms with Crippen molar-refractivity contribution in [1.82, 2.24) is 10.1 Å². The van der Waals surface area contributed by atoms with Crippen LogP contribution in [0.1, 0.15) is 18.1 Å². The van der Waals surface area contributed by atoms with E-state index in [0.717, 1.165) is 9.37 Å². The number of hydrogen-bond acceptors (Lipinski definition) is 6. The zero-order valence-electron chi connectivity index (χ0n) is 10.5. The van der Waals surface area contributed by atoms with Crippen molar-refractivity contribution in [3.8, 4) is 6.07 Å². The molecule has 1 unspecified atom stereocenters. The van der Waals surface area contributed by atoms with E-state index in [-0.39, 0.29) is 12.8 Å². The fraction of sp³-hybridized carbons (Fsp3) is 0.308. The zero-order chi connectivity index (χ0) is 14.4. The van der Waals surface area contributed by atoms with Crippen molar-refractivity contribution in [2.45, 2.75) is 29.6 Å². The van der Waals surface area contributed by atoms with Crippen molar-refractivity contribution in [3.63, 3.8) is 0 Å². The summed E-state index contributed by atoms with van der Waals surface area (Å²) in [5, 5.41) is 21.8. The first-order valence-electron chi connectivity index (χ1n) is 5.92. The molecular weight excluding hydrogens is 342 g/mol. The number of aliphatic hydroxyl groups is 1. The molecule has 5 nitrogen and oxygen atoms in total. The Bertz CT molecular complexity index is 594. The summed E-state index contributed by atoms with van der Waals surface area (Å²) in [6.45, 7) is 0. The van der Waals surface area contributed by atoms with Gasteiger partial charge >= 0.3 is 0 Å². The number of thioether (sulfide) groups is 1. The molecule has 2 rings (SSSR count).